The Kier molecular flexibility index (Phi) is 77.4. The Hall–Kier alpha value is -5.24. The van der Waals surface area contributed by atoms with E-state index < -0.39 is 41.7 Å². The molecule has 30 nitrogen and oxygen atoms in total. The number of hydroxylamine groups is 2. The van der Waals surface area contributed by atoms with Crippen LogP contribution >= 0.6 is 76.5 Å². The van der Waals surface area contributed by atoms with Crippen LogP contribution < -0.4 is 55.0 Å². The molecule has 131 heavy (non-hydrogen) atoms. The van der Waals surface area contributed by atoms with E-state index in [2.05, 4.69) is 83.8 Å². The molecule has 12 amide bonds. The third-order valence-electron chi connectivity index (χ3n) is 24.5. The highest BCUT2D eigenvalue weighted by atomic mass is 79.9. The molecule has 8 aliphatic rings. The van der Waals surface area contributed by atoms with Crippen LogP contribution in [0.5, 0.6) is 0 Å². The van der Waals surface area contributed by atoms with Crippen molar-refractivity contribution in [3.8, 4) is 0 Å². The quantitative estimate of drug-likeness (QED) is 0.0166. The first-order chi connectivity index (χ1) is 63.1. The molecule has 5 saturated carbocycles. The van der Waals surface area contributed by atoms with Crippen molar-refractivity contribution in [1.82, 2.24) is 46.8 Å². The van der Waals surface area contributed by atoms with E-state index in [1.54, 1.807) is 0 Å². The maximum Gasteiger partial charge on any atom is 0.343 e. The fourth-order valence-electron chi connectivity index (χ4n) is 17.2. The van der Waals surface area contributed by atoms with Crippen LogP contribution in [0.15, 0.2) is 0 Å². The van der Waals surface area contributed by atoms with Gasteiger partial charge in [0.2, 0.25) is 59.1 Å². The molecule has 3 aliphatic heterocycles. The highest BCUT2D eigenvalue weighted by Gasteiger charge is 2.38. The van der Waals surface area contributed by atoms with E-state index in [1.165, 1.54) is 305 Å². The molecule has 0 radical (unpaired) electrons. The Bertz CT molecular complexity index is 3100. The maximum absolute atomic E-state index is 12.4. The zero-order valence-electron chi connectivity index (χ0n) is 80.2. The number of imide groups is 1. The van der Waals surface area contributed by atoms with Crippen molar-refractivity contribution in [2.45, 2.75) is 430 Å². The minimum absolute atomic E-state index is 0.00163. The summed E-state index contributed by atoms with van der Waals surface area (Å²) in [6, 6.07) is 0.759. The van der Waals surface area contributed by atoms with Crippen LogP contribution in [0.4, 0.5) is 0 Å². The van der Waals surface area contributed by atoms with Crippen molar-refractivity contribution >= 4 is 164 Å². The lowest BCUT2D eigenvalue weighted by molar-refractivity contribution is -0.195. The molecule has 756 valence electrons. The van der Waals surface area contributed by atoms with Crippen molar-refractivity contribution in [3.05, 3.63) is 0 Å². The summed E-state index contributed by atoms with van der Waals surface area (Å²) in [6.07, 6.45) is 66.4. The van der Waals surface area contributed by atoms with Gasteiger partial charge in [-0.05, 0) is 77.0 Å². The predicted octanol–water partition coefficient (Wildman–Crippen LogP) is 14.7. The number of nitrogens with two attached hydrogens (primary N) is 4. The zero-order chi connectivity index (χ0) is 97.0. The molecule has 8 rings (SSSR count). The molecule has 0 spiro atoms. The smallest absolute Gasteiger partial charge is 0.343 e. The summed E-state index contributed by atoms with van der Waals surface area (Å²) in [7, 11) is 0. The molecule has 0 aromatic rings. The summed E-state index contributed by atoms with van der Waals surface area (Å²) < 4.78 is 0. The molecule has 0 aromatic heterocycles. The number of rotatable bonds is 26. The molecule has 4 atom stereocenters. The zero-order valence-corrected chi connectivity index (χ0v) is 86.0. The average molecular weight is 2010 g/mol. The van der Waals surface area contributed by atoms with E-state index in [1.807, 2.05) is 13.8 Å². The number of alkyl halides is 1. The third-order valence-corrected chi connectivity index (χ3v) is 28.1. The van der Waals surface area contributed by atoms with Gasteiger partial charge in [-0.1, -0.05) is 310 Å². The highest BCUT2D eigenvalue weighted by Crippen LogP contribution is 2.27. The maximum atomic E-state index is 12.4. The molecule has 15 N–H and O–H groups in total. The van der Waals surface area contributed by atoms with Gasteiger partial charge in [0.25, 0.3) is 11.8 Å². The van der Waals surface area contributed by atoms with E-state index in [-0.39, 0.29) is 117 Å². The van der Waals surface area contributed by atoms with Crippen LogP contribution in [0, 0.1) is 11.8 Å². The standard InChI is InChI=1S/C24H42N4O4S.C15H27NO2S.2C13H25NOS.C11H18BrN3O3.C11H23N.C8H9NO5S.H3NO/c1-2-20(24(25)32)28-15-18(13-23(28)31)14-26-21(29)16-33-17-22(30)27-19-11-9-7-5-3-4-6-8-10-12-19;1-13(17)19-12-15(18)16-14-10-8-6-4-2-3-5-7-9-11-14;2*15-13(11-16)14-12-9-7-5-3-1-2-4-6-8-10-12;1-2-8(11(13)18)15-6-7(3-10(15)17)5-14-9(16)4-12;12-11-9-7-5-3-1-2-4-6-8-10-11;1-5(10)15-4-8(13)14-9-6(11)2-3-7(9)12;1-2/h18-20H,2-17H2,1H3,(H2,25,32)(H,26,29)(H,27,30);14H,2-12H2,1H3,(H,16,18);2*12,16H,1-11H2,(H,14,15);7-8H,2-6H2,1H3,(H2,13,18)(H,14,16);11H,1-10,12H2;2-4H2,1H3;2H,1H2/t18?,20-;;;;7?,8-;;;/m1...1.../s1. The normalized spacial score (nSPS) is 20.4. The predicted molar refractivity (Wildman–Crippen MR) is 537 cm³/mol. The van der Waals surface area contributed by atoms with Crippen LogP contribution in [-0.4, -0.2) is 215 Å². The molecule has 0 aromatic carbocycles. The molecule has 8 fully saturated rings. The molecule has 0 bridgehead atoms. The average Bonchev–Trinajstić information content (AvgIpc) is 1.70. The second kappa shape index (κ2) is 81.9. The van der Waals surface area contributed by atoms with Crippen LogP contribution in [-0.2, 0) is 76.8 Å². The van der Waals surface area contributed by atoms with E-state index in [9.17, 15) is 71.9 Å². The minimum Gasteiger partial charge on any atom is -0.368 e. The number of likely N-dealkylation sites (tertiary alicyclic amines) is 2. The lowest BCUT2D eigenvalue weighted by Gasteiger charge is -2.24. The first-order valence-electron chi connectivity index (χ1n) is 49.7. The molecule has 3 heterocycles. The summed E-state index contributed by atoms with van der Waals surface area (Å²) in [6.45, 7) is 8.19. The summed E-state index contributed by atoms with van der Waals surface area (Å²) >= 11 is 14.2. The van der Waals surface area contributed by atoms with E-state index in [0.717, 1.165) is 74.9 Å². The summed E-state index contributed by atoms with van der Waals surface area (Å²) in [4.78, 5) is 179. The van der Waals surface area contributed by atoms with Gasteiger partial charge in [-0.15, -0.1) is 16.8 Å². The van der Waals surface area contributed by atoms with E-state index >= 15 is 0 Å². The van der Waals surface area contributed by atoms with Crippen LogP contribution in [0.2, 0.25) is 0 Å². The number of primary amides is 2. The first-order valence-corrected chi connectivity index (χ1v) is 55.2. The number of thioether (sulfide) groups is 3. The van der Waals surface area contributed by atoms with Crippen molar-refractivity contribution < 1.29 is 82.0 Å². The molecule has 5 aliphatic carbocycles. The van der Waals surface area contributed by atoms with Gasteiger partial charge in [0.05, 0.1) is 34.1 Å². The Morgan fingerprint density at radius 3 is 0.924 bits per heavy atom. The fraction of sp³-hybridized carbons (Fsp3) is 0.842. The van der Waals surface area contributed by atoms with Gasteiger partial charge >= 0.3 is 5.97 Å². The Morgan fingerprint density at radius 1 is 0.389 bits per heavy atom. The number of nitrogens with zero attached hydrogens (tertiary/aromatic N) is 3. The first kappa shape index (κ1) is 124. The monoisotopic (exact) mass is 2010 g/mol. The van der Waals surface area contributed by atoms with Gasteiger partial charge in [0.1, 0.15) is 17.8 Å². The largest absolute Gasteiger partial charge is 0.368 e. The van der Waals surface area contributed by atoms with Crippen molar-refractivity contribution in [1.29, 1.82) is 0 Å². The van der Waals surface area contributed by atoms with Crippen molar-refractivity contribution in [2.24, 2.45) is 34.9 Å². The van der Waals surface area contributed by atoms with Crippen LogP contribution in [0.25, 0.3) is 0 Å². The summed E-state index contributed by atoms with van der Waals surface area (Å²) in [5, 5.41) is 25.0. The van der Waals surface area contributed by atoms with Crippen LogP contribution in [0.3, 0.4) is 0 Å². The molecule has 36 heteroatoms. The SMILES string of the molecule is CC(=O)SCC(=O)NC1CCCCCCCCCC1.CC(=O)SCC(=O)ON1C(=O)CCC1=O.CC[C@H](C(N)=O)N1CC(CNC(=O)CBr)CC1=O.CC[C@H](C(N)=O)N1CC(CNC(=O)CSCC(=O)NC2CCCCCCCCCC2)CC1=O.NC1CCCCCCCCCC1.NO.O=C(CS)NC1CCCCCCCCCC1.O=C(CS)NC1CCCCCCCCCC1. The number of carbonyl (C=O) groups excluding carboxylic acids is 15. The van der Waals surface area contributed by atoms with Gasteiger partial charge in [0.15, 0.2) is 10.2 Å². The van der Waals surface area contributed by atoms with Gasteiger partial charge in [-0.2, -0.15) is 25.3 Å². The van der Waals surface area contributed by atoms with Gasteiger partial charge in [-0.25, -0.2) is 10.7 Å². The van der Waals surface area contributed by atoms with Crippen molar-refractivity contribution in [2.75, 3.05) is 66.0 Å². The highest BCUT2D eigenvalue weighted by molar-refractivity contribution is 9.09. The fourth-order valence-corrected chi connectivity index (χ4v) is 19.1. The Morgan fingerprint density at radius 2 is 0.649 bits per heavy atom. The number of hydrogen-bond donors (Lipinski definition) is 13. The summed E-state index contributed by atoms with van der Waals surface area (Å²) in [5.41, 5.74) is 16.6. The topological polar surface area (TPSA) is 471 Å². The molecular formula is C95H172BrN13O17S5. The summed E-state index contributed by atoms with van der Waals surface area (Å²) in [5.74, 6) is 1.67. The van der Waals surface area contributed by atoms with Gasteiger partial charge in [-0.3, -0.25) is 67.1 Å². The number of carbonyl (C=O) groups is 15. The number of nitrogens with one attached hydrogen (secondary N) is 6. The van der Waals surface area contributed by atoms with Gasteiger partial charge < -0.3 is 68.9 Å². The number of halogens is 1. The minimum atomic E-state index is -0.779. The molecule has 2 unspecified atom stereocenters. The lowest BCUT2D eigenvalue weighted by Crippen LogP contribution is -2.45. The second-order valence-corrected chi connectivity index (χ2v) is 40.4. The Labute approximate surface area is 817 Å². The van der Waals surface area contributed by atoms with Gasteiger partial charge in [0, 0.05) is 108 Å². The Balaban J connectivity index is 0.000000781. The molecular weight excluding hydrogens is 1840 g/mol. The number of amides is 12. The second-order valence-electron chi connectivity index (χ2n) is 35.9. The number of hydrogen-bond acceptors (Lipinski definition) is 24. The molecule has 3 saturated heterocycles. The number of thiol groups is 2. The lowest BCUT2D eigenvalue weighted by atomic mass is 10.0. The van der Waals surface area contributed by atoms with E-state index in [0.29, 0.717) is 92.6 Å². The van der Waals surface area contributed by atoms with Crippen molar-refractivity contribution in [3.63, 3.8) is 0 Å². The van der Waals surface area contributed by atoms with E-state index in [4.69, 9.17) is 22.4 Å². The van der Waals surface area contributed by atoms with Crippen LogP contribution in [0.1, 0.15) is 387 Å². The third kappa shape index (κ3) is 66.0.